The molecule has 0 aromatic rings. The largest absolute Gasteiger partial charge is 0.395 e. The highest BCUT2D eigenvalue weighted by atomic mass is 16.3. The summed E-state index contributed by atoms with van der Waals surface area (Å²) in [5.41, 5.74) is 0. The summed E-state index contributed by atoms with van der Waals surface area (Å²) in [4.78, 5) is 14.4. The van der Waals surface area contributed by atoms with Crippen molar-refractivity contribution in [3.63, 3.8) is 0 Å². The molecule has 1 unspecified atom stereocenters. The molecule has 1 amide bonds. The normalized spacial score (nSPS) is 24.9. The molecule has 2 fully saturated rings. The minimum atomic E-state index is 0.277. The molecule has 4 nitrogen and oxygen atoms in total. The van der Waals surface area contributed by atoms with E-state index in [0.717, 1.165) is 51.7 Å². The molecule has 0 bridgehead atoms. The standard InChI is InChI=1S/C16H30N2O2/c19-13-15-9-6-12-18(15)11-5-4-10-17-16(20)14-7-2-1-3-8-14/h14-15,19H,1-13H2,(H,17,20). The molecule has 0 aromatic carbocycles. The topological polar surface area (TPSA) is 52.6 Å². The molecule has 2 N–H and O–H groups in total. The smallest absolute Gasteiger partial charge is 0.223 e. The van der Waals surface area contributed by atoms with E-state index in [1.807, 2.05) is 0 Å². The van der Waals surface area contributed by atoms with Crippen LogP contribution < -0.4 is 5.32 Å². The van der Waals surface area contributed by atoms with E-state index in [2.05, 4.69) is 10.2 Å². The third-order valence-electron chi connectivity index (χ3n) is 4.86. The summed E-state index contributed by atoms with van der Waals surface area (Å²) in [6.45, 7) is 3.29. The molecule has 20 heavy (non-hydrogen) atoms. The van der Waals surface area contributed by atoms with Gasteiger partial charge in [-0.15, -0.1) is 0 Å². The lowest BCUT2D eigenvalue weighted by atomic mass is 9.89. The summed E-state index contributed by atoms with van der Waals surface area (Å²) in [7, 11) is 0. The Labute approximate surface area is 122 Å². The molecule has 0 aromatic heterocycles. The average molecular weight is 282 g/mol. The van der Waals surface area contributed by atoms with Crippen molar-refractivity contribution in [3.05, 3.63) is 0 Å². The van der Waals surface area contributed by atoms with E-state index < -0.39 is 0 Å². The summed E-state index contributed by atoms with van der Waals surface area (Å²) in [6.07, 6.45) is 10.4. The van der Waals surface area contributed by atoms with E-state index in [-0.39, 0.29) is 11.8 Å². The molecule has 1 heterocycles. The fourth-order valence-electron chi connectivity index (χ4n) is 3.56. The van der Waals surface area contributed by atoms with E-state index in [1.165, 1.54) is 25.7 Å². The third kappa shape index (κ3) is 4.74. The van der Waals surface area contributed by atoms with E-state index in [4.69, 9.17) is 0 Å². The maximum Gasteiger partial charge on any atom is 0.223 e. The molecule has 0 radical (unpaired) electrons. The summed E-state index contributed by atoms with van der Waals surface area (Å²) in [5, 5.41) is 12.4. The van der Waals surface area contributed by atoms with Gasteiger partial charge in [-0.1, -0.05) is 19.3 Å². The summed E-state index contributed by atoms with van der Waals surface area (Å²) < 4.78 is 0. The fraction of sp³-hybridized carbons (Fsp3) is 0.938. The Morgan fingerprint density at radius 1 is 1.10 bits per heavy atom. The Balaban J connectivity index is 1.51. The first-order valence-corrected chi connectivity index (χ1v) is 8.44. The Kier molecular flexibility index (Phi) is 6.80. The number of nitrogens with zero attached hydrogens (tertiary/aromatic N) is 1. The number of aliphatic hydroxyl groups excluding tert-OH is 1. The van der Waals surface area contributed by atoms with Gasteiger partial charge in [-0.3, -0.25) is 9.69 Å². The first-order chi connectivity index (χ1) is 9.81. The van der Waals surface area contributed by atoms with Crippen LogP contribution in [0.3, 0.4) is 0 Å². The molecule has 1 saturated heterocycles. The van der Waals surface area contributed by atoms with Crippen LogP contribution in [0.5, 0.6) is 0 Å². The van der Waals surface area contributed by atoms with Gasteiger partial charge in [0.1, 0.15) is 0 Å². The molecular formula is C16H30N2O2. The van der Waals surface area contributed by atoms with Gasteiger partial charge in [-0.05, 0) is 51.6 Å². The van der Waals surface area contributed by atoms with Gasteiger partial charge in [0.2, 0.25) is 5.91 Å². The summed E-state index contributed by atoms with van der Waals surface area (Å²) >= 11 is 0. The Bertz CT molecular complexity index is 290. The van der Waals surface area contributed by atoms with Gasteiger partial charge in [0.15, 0.2) is 0 Å². The van der Waals surface area contributed by atoms with Crippen molar-refractivity contribution < 1.29 is 9.90 Å². The second-order valence-electron chi connectivity index (χ2n) is 6.35. The van der Waals surface area contributed by atoms with Crippen LogP contribution in [0.15, 0.2) is 0 Å². The van der Waals surface area contributed by atoms with Crippen LogP contribution in [0, 0.1) is 5.92 Å². The molecule has 1 aliphatic carbocycles. The zero-order valence-electron chi connectivity index (χ0n) is 12.6. The van der Waals surface area contributed by atoms with Gasteiger partial charge < -0.3 is 10.4 Å². The molecule has 1 aliphatic heterocycles. The highest BCUT2D eigenvalue weighted by Crippen LogP contribution is 2.23. The van der Waals surface area contributed by atoms with E-state index in [0.29, 0.717) is 12.6 Å². The van der Waals surface area contributed by atoms with E-state index in [9.17, 15) is 9.90 Å². The number of amides is 1. The van der Waals surface area contributed by atoms with Gasteiger partial charge in [-0.25, -0.2) is 0 Å². The highest BCUT2D eigenvalue weighted by molar-refractivity contribution is 5.78. The molecule has 116 valence electrons. The Hall–Kier alpha value is -0.610. The highest BCUT2D eigenvalue weighted by Gasteiger charge is 2.23. The van der Waals surface area contributed by atoms with Crippen molar-refractivity contribution in [3.8, 4) is 0 Å². The lowest BCUT2D eigenvalue weighted by Gasteiger charge is -2.23. The fourth-order valence-corrected chi connectivity index (χ4v) is 3.56. The predicted octanol–water partition coefficient (Wildman–Crippen LogP) is 1.92. The molecule has 1 saturated carbocycles. The molecule has 1 atom stereocenters. The number of rotatable bonds is 7. The van der Waals surface area contributed by atoms with Gasteiger partial charge in [0.05, 0.1) is 6.61 Å². The van der Waals surface area contributed by atoms with Gasteiger partial charge in [-0.2, -0.15) is 0 Å². The van der Waals surface area contributed by atoms with Crippen LogP contribution in [-0.4, -0.2) is 48.2 Å². The zero-order chi connectivity index (χ0) is 14.2. The summed E-state index contributed by atoms with van der Waals surface area (Å²) in [5.74, 6) is 0.556. The first kappa shape index (κ1) is 15.8. The minimum Gasteiger partial charge on any atom is -0.395 e. The number of nitrogens with one attached hydrogen (secondary N) is 1. The minimum absolute atomic E-state index is 0.277. The average Bonchev–Trinajstić information content (AvgIpc) is 2.95. The number of hydrogen-bond acceptors (Lipinski definition) is 3. The lowest BCUT2D eigenvalue weighted by molar-refractivity contribution is -0.125. The van der Waals surface area contributed by atoms with Crippen molar-refractivity contribution in [1.82, 2.24) is 10.2 Å². The van der Waals surface area contributed by atoms with Crippen LogP contribution in [0.4, 0.5) is 0 Å². The lowest BCUT2D eigenvalue weighted by Crippen LogP contribution is -2.34. The first-order valence-electron chi connectivity index (χ1n) is 8.44. The maximum absolute atomic E-state index is 12.0. The number of unbranched alkanes of at least 4 members (excludes halogenated alkanes) is 1. The van der Waals surface area contributed by atoms with Crippen molar-refractivity contribution >= 4 is 5.91 Å². The van der Waals surface area contributed by atoms with Crippen molar-refractivity contribution in [1.29, 1.82) is 0 Å². The van der Waals surface area contributed by atoms with Crippen molar-refractivity contribution in [2.75, 3.05) is 26.2 Å². The Morgan fingerprint density at radius 2 is 1.90 bits per heavy atom. The number of likely N-dealkylation sites (tertiary alicyclic amines) is 1. The number of carbonyl (C=O) groups is 1. The zero-order valence-corrected chi connectivity index (χ0v) is 12.6. The van der Waals surface area contributed by atoms with E-state index in [1.54, 1.807) is 0 Å². The quantitative estimate of drug-likeness (QED) is 0.702. The number of aliphatic hydroxyl groups is 1. The van der Waals surface area contributed by atoms with Crippen molar-refractivity contribution in [2.24, 2.45) is 5.92 Å². The van der Waals surface area contributed by atoms with Crippen molar-refractivity contribution in [2.45, 2.75) is 63.8 Å². The molecule has 2 rings (SSSR count). The van der Waals surface area contributed by atoms with Gasteiger partial charge in [0.25, 0.3) is 0 Å². The van der Waals surface area contributed by atoms with E-state index >= 15 is 0 Å². The molecule has 2 aliphatic rings. The van der Waals surface area contributed by atoms with Crippen LogP contribution in [0.2, 0.25) is 0 Å². The third-order valence-corrected chi connectivity index (χ3v) is 4.86. The van der Waals surface area contributed by atoms with Crippen LogP contribution >= 0.6 is 0 Å². The molecule has 0 spiro atoms. The second kappa shape index (κ2) is 8.63. The summed E-state index contributed by atoms with van der Waals surface area (Å²) in [6, 6.07) is 0.381. The number of carbonyl (C=O) groups excluding carboxylic acids is 1. The van der Waals surface area contributed by atoms with Gasteiger partial charge in [0, 0.05) is 18.5 Å². The monoisotopic (exact) mass is 282 g/mol. The van der Waals surface area contributed by atoms with Crippen LogP contribution in [0.1, 0.15) is 57.8 Å². The van der Waals surface area contributed by atoms with Gasteiger partial charge >= 0.3 is 0 Å². The maximum atomic E-state index is 12.0. The second-order valence-corrected chi connectivity index (χ2v) is 6.35. The SMILES string of the molecule is O=C(NCCCCN1CCCC1CO)C1CCCCC1. The predicted molar refractivity (Wildman–Crippen MR) is 80.5 cm³/mol. The number of hydrogen-bond donors (Lipinski definition) is 2. The van der Waals surface area contributed by atoms with Crippen LogP contribution in [0.25, 0.3) is 0 Å². The van der Waals surface area contributed by atoms with Crippen LogP contribution in [-0.2, 0) is 4.79 Å². The Morgan fingerprint density at radius 3 is 2.65 bits per heavy atom. The molecular weight excluding hydrogens is 252 g/mol. The molecule has 4 heteroatoms.